The number of nitrogens with zero attached hydrogens (tertiary/aromatic N) is 1. The molecule has 2 nitrogen and oxygen atoms in total. The fourth-order valence-corrected chi connectivity index (χ4v) is 2.13. The normalized spacial score (nSPS) is 10.6. The van der Waals surface area contributed by atoms with E-state index in [1.165, 1.54) is 5.56 Å². The summed E-state index contributed by atoms with van der Waals surface area (Å²) in [4.78, 5) is 0. The van der Waals surface area contributed by atoms with Crippen LogP contribution in [0.15, 0.2) is 24.3 Å². The van der Waals surface area contributed by atoms with E-state index in [1.807, 2.05) is 15.8 Å². The van der Waals surface area contributed by atoms with E-state index in [0.717, 1.165) is 18.0 Å². The molecule has 0 unspecified atom stereocenters. The summed E-state index contributed by atoms with van der Waals surface area (Å²) in [5, 5.41) is 0. The molecule has 0 amide bonds. The van der Waals surface area contributed by atoms with Crippen LogP contribution in [0.5, 0.6) is 5.75 Å². The monoisotopic (exact) mass is 229 g/mol. The lowest BCUT2D eigenvalue weighted by atomic mass is 10.2. The molecule has 0 fully saturated rings. The van der Waals surface area contributed by atoms with E-state index in [0.29, 0.717) is 0 Å². The van der Waals surface area contributed by atoms with Crippen LogP contribution in [0.2, 0.25) is 0 Å². The third-order valence-corrected chi connectivity index (χ3v) is 2.93. The number of thiol groups is 1. The Morgan fingerprint density at radius 1 is 1.36 bits per heavy atom. The molecule has 0 aliphatic rings. The average molecular weight is 229 g/mol. The molecule has 0 aromatic heterocycles. The van der Waals surface area contributed by atoms with Crippen LogP contribution in [0, 0.1) is 0 Å². The third-order valence-electron chi connectivity index (χ3n) is 1.76. The van der Waals surface area contributed by atoms with E-state index in [2.05, 4.69) is 31.9 Å². The molecule has 1 rings (SSSR count). The topological polar surface area (TPSA) is 12.5 Å². The van der Waals surface area contributed by atoms with Gasteiger partial charge in [0.05, 0.1) is 7.11 Å². The first-order valence-corrected chi connectivity index (χ1v) is 5.82. The molecule has 0 N–H and O–H groups in total. The maximum Gasteiger partial charge on any atom is 0.118 e. The number of benzene rings is 1. The zero-order valence-electron chi connectivity index (χ0n) is 8.43. The van der Waals surface area contributed by atoms with E-state index >= 15 is 0 Å². The highest BCUT2D eigenvalue weighted by Crippen LogP contribution is 2.18. The van der Waals surface area contributed by atoms with Gasteiger partial charge in [0.25, 0.3) is 0 Å². The molecule has 0 bridgehead atoms. The standard InChI is InChI=1S/C10H15NOS2/c1-3-14-11(13)8-9-4-6-10(12-2)7-5-9/h4-7,13H,3,8H2,1-2H3. The molecular formula is C10H15NOS2. The van der Waals surface area contributed by atoms with E-state index < -0.39 is 0 Å². The van der Waals surface area contributed by atoms with Gasteiger partial charge in [-0.1, -0.05) is 43.8 Å². The van der Waals surface area contributed by atoms with Crippen molar-refractivity contribution in [3.8, 4) is 5.75 Å². The van der Waals surface area contributed by atoms with Crippen molar-refractivity contribution in [2.24, 2.45) is 0 Å². The summed E-state index contributed by atoms with van der Waals surface area (Å²) in [5.41, 5.74) is 1.24. The molecule has 0 saturated heterocycles. The van der Waals surface area contributed by atoms with Crippen LogP contribution in [0.25, 0.3) is 0 Å². The van der Waals surface area contributed by atoms with Crippen molar-refractivity contribution in [2.75, 3.05) is 12.9 Å². The van der Waals surface area contributed by atoms with Crippen molar-refractivity contribution >= 4 is 24.8 Å². The highest BCUT2D eigenvalue weighted by atomic mass is 32.2. The Hall–Kier alpha value is -0.320. The largest absolute Gasteiger partial charge is 0.497 e. The number of ether oxygens (including phenoxy) is 1. The van der Waals surface area contributed by atoms with Crippen molar-refractivity contribution < 1.29 is 4.74 Å². The van der Waals surface area contributed by atoms with Gasteiger partial charge in [-0.2, -0.15) is 3.71 Å². The number of hydrogen-bond donors (Lipinski definition) is 1. The lowest BCUT2D eigenvalue weighted by Crippen LogP contribution is -2.02. The number of hydrogen-bond acceptors (Lipinski definition) is 4. The predicted octanol–water partition coefficient (Wildman–Crippen LogP) is 3.01. The van der Waals surface area contributed by atoms with Gasteiger partial charge in [-0.15, -0.1) is 0 Å². The summed E-state index contributed by atoms with van der Waals surface area (Å²) in [5.74, 6) is 1.93. The number of rotatable bonds is 5. The number of methoxy groups -OCH3 is 1. The molecule has 78 valence electrons. The van der Waals surface area contributed by atoms with Crippen molar-refractivity contribution in [3.63, 3.8) is 0 Å². The van der Waals surface area contributed by atoms with Gasteiger partial charge in [-0.05, 0) is 17.7 Å². The van der Waals surface area contributed by atoms with E-state index in [-0.39, 0.29) is 0 Å². The van der Waals surface area contributed by atoms with Crippen molar-refractivity contribution in [3.05, 3.63) is 29.8 Å². The average Bonchev–Trinajstić information content (AvgIpc) is 2.19. The Kier molecular flexibility index (Phi) is 5.22. The van der Waals surface area contributed by atoms with Crippen molar-refractivity contribution in [1.82, 2.24) is 3.71 Å². The van der Waals surface area contributed by atoms with Crippen molar-refractivity contribution in [2.45, 2.75) is 13.5 Å². The fourth-order valence-electron chi connectivity index (χ4n) is 1.08. The van der Waals surface area contributed by atoms with Crippen LogP contribution in [-0.2, 0) is 6.54 Å². The molecule has 0 heterocycles. The third kappa shape index (κ3) is 3.82. The summed E-state index contributed by atoms with van der Waals surface area (Å²) >= 11 is 6.04. The van der Waals surface area contributed by atoms with Crippen LogP contribution in [0.1, 0.15) is 12.5 Å². The van der Waals surface area contributed by atoms with Crippen LogP contribution < -0.4 is 4.74 Å². The van der Waals surface area contributed by atoms with E-state index in [4.69, 9.17) is 4.74 Å². The van der Waals surface area contributed by atoms with Gasteiger partial charge in [0.15, 0.2) is 0 Å². The molecule has 0 radical (unpaired) electrons. The molecule has 1 aromatic rings. The second-order valence-electron chi connectivity index (χ2n) is 2.78. The maximum absolute atomic E-state index is 5.08. The van der Waals surface area contributed by atoms with Gasteiger partial charge in [-0.3, -0.25) is 0 Å². The minimum atomic E-state index is 0.839. The quantitative estimate of drug-likeness (QED) is 0.616. The first-order chi connectivity index (χ1) is 6.76. The van der Waals surface area contributed by atoms with Crippen LogP contribution >= 0.6 is 24.8 Å². The minimum Gasteiger partial charge on any atom is -0.497 e. The first kappa shape index (κ1) is 11.8. The molecule has 0 aliphatic heterocycles. The van der Waals surface area contributed by atoms with Gasteiger partial charge in [0.2, 0.25) is 0 Å². The summed E-state index contributed by atoms with van der Waals surface area (Å²) < 4.78 is 7.02. The molecule has 0 saturated carbocycles. The Balaban J connectivity index is 2.50. The minimum absolute atomic E-state index is 0.839. The zero-order chi connectivity index (χ0) is 10.4. The summed E-state index contributed by atoms with van der Waals surface area (Å²) in [6.07, 6.45) is 0. The molecule has 0 atom stereocenters. The second-order valence-corrected chi connectivity index (χ2v) is 4.81. The highest BCUT2D eigenvalue weighted by Gasteiger charge is 2.00. The summed E-state index contributed by atoms with van der Waals surface area (Å²) in [6.45, 7) is 2.95. The first-order valence-electron chi connectivity index (χ1n) is 4.48. The Labute approximate surface area is 95.3 Å². The van der Waals surface area contributed by atoms with Crippen LogP contribution in [0.3, 0.4) is 0 Å². The van der Waals surface area contributed by atoms with Crippen molar-refractivity contribution in [1.29, 1.82) is 0 Å². The lowest BCUT2D eigenvalue weighted by Gasteiger charge is -2.12. The highest BCUT2D eigenvalue weighted by molar-refractivity contribution is 8.05. The van der Waals surface area contributed by atoms with Gasteiger partial charge in [0, 0.05) is 12.3 Å². The maximum atomic E-state index is 5.08. The Morgan fingerprint density at radius 2 is 2.00 bits per heavy atom. The molecule has 4 heteroatoms. The molecule has 14 heavy (non-hydrogen) atoms. The Morgan fingerprint density at radius 3 is 2.50 bits per heavy atom. The lowest BCUT2D eigenvalue weighted by molar-refractivity contribution is 0.414. The van der Waals surface area contributed by atoms with Crippen LogP contribution in [0.4, 0.5) is 0 Å². The predicted molar refractivity (Wildman–Crippen MR) is 65.7 cm³/mol. The van der Waals surface area contributed by atoms with E-state index in [9.17, 15) is 0 Å². The van der Waals surface area contributed by atoms with Gasteiger partial charge < -0.3 is 4.74 Å². The Bertz CT molecular complexity index is 263. The summed E-state index contributed by atoms with van der Waals surface area (Å²) in [6, 6.07) is 8.04. The van der Waals surface area contributed by atoms with Crippen LogP contribution in [-0.4, -0.2) is 16.6 Å². The van der Waals surface area contributed by atoms with Gasteiger partial charge in [-0.25, -0.2) is 0 Å². The fraction of sp³-hybridized carbons (Fsp3) is 0.400. The smallest absolute Gasteiger partial charge is 0.118 e. The summed E-state index contributed by atoms with van der Waals surface area (Å²) in [7, 11) is 1.67. The van der Waals surface area contributed by atoms with E-state index in [1.54, 1.807) is 19.1 Å². The molecular weight excluding hydrogens is 214 g/mol. The van der Waals surface area contributed by atoms with Gasteiger partial charge >= 0.3 is 0 Å². The molecule has 0 aliphatic carbocycles. The van der Waals surface area contributed by atoms with Gasteiger partial charge in [0.1, 0.15) is 5.75 Å². The zero-order valence-corrected chi connectivity index (χ0v) is 10.1. The molecule has 1 aromatic carbocycles. The SMILES string of the molecule is CCSN(S)Cc1ccc(OC)cc1. The second kappa shape index (κ2) is 6.22. The molecule has 0 spiro atoms.